The fraction of sp³-hybridized carbons (Fsp3) is 0.474. The molecule has 6 nitrogen and oxygen atoms in total. The Balaban J connectivity index is 1.43. The summed E-state index contributed by atoms with van der Waals surface area (Å²) in [5, 5.41) is 0. The van der Waals surface area contributed by atoms with Crippen LogP contribution in [0.5, 0.6) is 0 Å². The summed E-state index contributed by atoms with van der Waals surface area (Å²) in [7, 11) is 1.90. The molecule has 25 heavy (non-hydrogen) atoms. The van der Waals surface area contributed by atoms with Crippen LogP contribution in [-0.4, -0.2) is 51.8 Å². The smallest absolute Gasteiger partial charge is 0.270 e. The molecule has 2 aliphatic rings. The van der Waals surface area contributed by atoms with Crippen molar-refractivity contribution in [3.05, 3.63) is 54.1 Å². The Hall–Kier alpha value is -2.18. The number of aryl methyl sites for hydroxylation is 1. The number of carbonyl (C=O) groups excluding carboxylic acids is 1. The molecule has 0 radical (unpaired) electrons. The van der Waals surface area contributed by atoms with Gasteiger partial charge in [-0.3, -0.25) is 9.78 Å². The molecule has 2 aromatic heterocycles. The first kappa shape index (κ1) is 16.3. The molecule has 1 saturated carbocycles. The van der Waals surface area contributed by atoms with E-state index in [0.29, 0.717) is 19.8 Å². The molecule has 2 fully saturated rings. The van der Waals surface area contributed by atoms with Crippen LogP contribution in [0.1, 0.15) is 28.9 Å². The molecule has 3 atom stereocenters. The molecule has 1 saturated heterocycles. The van der Waals surface area contributed by atoms with Gasteiger partial charge in [-0.1, -0.05) is 0 Å². The Morgan fingerprint density at radius 3 is 2.92 bits per heavy atom. The van der Waals surface area contributed by atoms with Crippen LogP contribution in [-0.2, 0) is 23.1 Å². The Morgan fingerprint density at radius 1 is 1.32 bits per heavy atom. The lowest BCUT2D eigenvalue weighted by molar-refractivity contribution is -0.108. The summed E-state index contributed by atoms with van der Waals surface area (Å²) in [4.78, 5) is 18.9. The predicted octanol–water partition coefficient (Wildman–Crippen LogP) is 2.01. The van der Waals surface area contributed by atoms with E-state index in [0.717, 1.165) is 24.1 Å². The van der Waals surface area contributed by atoms with E-state index in [1.54, 1.807) is 12.4 Å². The first-order valence-electron chi connectivity index (χ1n) is 8.78. The molecule has 2 aromatic rings. The molecular formula is C19H23N3O3. The zero-order valence-corrected chi connectivity index (χ0v) is 14.4. The highest BCUT2D eigenvalue weighted by atomic mass is 16.5. The van der Waals surface area contributed by atoms with Gasteiger partial charge in [-0.2, -0.15) is 0 Å². The molecule has 0 spiro atoms. The minimum absolute atomic E-state index is 0.0298. The normalized spacial score (nSPS) is 25.8. The SMILES string of the molecule is Cn1cccc1C(=O)N1CCO[C@@H]2[C@H]1CC[C@H]2OCc1ccncc1. The third-order valence-corrected chi connectivity index (χ3v) is 5.17. The number of hydrogen-bond donors (Lipinski definition) is 0. The van der Waals surface area contributed by atoms with Gasteiger partial charge < -0.3 is 18.9 Å². The van der Waals surface area contributed by atoms with Crippen LogP contribution in [0, 0.1) is 0 Å². The van der Waals surface area contributed by atoms with Gasteiger partial charge in [-0.25, -0.2) is 0 Å². The predicted molar refractivity (Wildman–Crippen MR) is 92.0 cm³/mol. The number of hydrogen-bond acceptors (Lipinski definition) is 4. The Labute approximate surface area is 147 Å². The van der Waals surface area contributed by atoms with E-state index >= 15 is 0 Å². The fourth-order valence-electron chi connectivity index (χ4n) is 3.86. The summed E-state index contributed by atoms with van der Waals surface area (Å²) in [5.41, 5.74) is 1.83. The van der Waals surface area contributed by atoms with Gasteiger partial charge in [0, 0.05) is 32.2 Å². The average Bonchev–Trinajstić information content (AvgIpc) is 3.26. The molecule has 1 amide bonds. The molecule has 1 aliphatic heterocycles. The third-order valence-electron chi connectivity index (χ3n) is 5.17. The van der Waals surface area contributed by atoms with E-state index in [4.69, 9.17) is 9.47 Å². The lowest BCUT2D eigenvalue weighted by atomic mass is 10.1. The van der Waals surface area contributed by atoms with Crippen LogP contribution < -0.4 is 0 Å². The standard InChI is InChI=1S/C19H23N3O3/c1-21-10-2-3-16(21)19(23)22-11-12-24-18-15(22)4-5-17(18)25-13-14-6-8-20-9-7-14/h2-3,6-10,15,17-18H,4-5,11-13H2,1H3/t15-,17-,18-/m1/s1. The first-order valence-corrected chi connectivity index (χ1v) is 8.78. The maximum absolute atomic E-state index is 12.9. The second kappa shape index (κ2) is 6.98. The van der Waals surface area contributed by atoms with Crippen molar-refractivity contribution in [2.75, 3.05) is 13.2 Å². The van der Waals surface area contributed by atoms with Gasteiger partial charge in [0.25, 0.3) is 5.91 Å². The Morgan fingerprint density at radius 2 is 2.16 bits per heavy atom. The minimum Gasteiger partial charge on any atom is -0.372 e. The molecule has 0 N–H and O–H groups in total. The molecular weight excluding hydrogens is 318 g/mol. The second-order valence-electron chi connectivity index (χ2n) is 6.69. The zero-order valence-electron chi connectivity index (χ0n) is 14.4. The number of amides is 1. The molecule has 3 heterocycles. The van der Waals surface area contributed by atoms with Gasteiger partial charge in [0.1, 0.15) is 11.8 Å². The summed E-state index contributed by atoms with van der Waals surface area (Å²) in [6, 6.07) is 7.79. The van der Waals surface area contributed by atoms with Gasteiger partial charge in [-0.15, -0.1) is 0 Å². The number of morpholine rings is 1. The van der Waals surface area contributed by atoms with E-state index in [9.17, 15) is 4.79 Å². The van der Waals surface area contributed by atoms with Gasteiger partial charge in [0.2, 0.25) is 0 Å². The van der Waals surface area contributed by atoms with Crippen LogP contribution in [0.4, 0.5) is 0 Å². The van der Waals surface area contributed by atoms with Crippen molar-refractivity contribution in [2.24, 2.45) is 7.05 Å². The van der Waals surface area contributed by atoms with Crippen molar-refractivity contribution in [2.45, 2.75) is 37.7 Å². The highest BCUT2D eigenvalue weighted by Gasteiger charge is 2.45. The second-order valence-corrected chi connectivity index (χ2v) is 6.69. The highest BCUT2D eigenvalue weighted by molar-refractivity contribution is 5.93. The number of rotatable bonds is 4. The van der Waals surface area contributed by atoms with Crippen LogP contribution in [0.15, 0.2) is 42.9 Å². The highest BCUT2D eigenvalue weighted by Crippen LogP contribution is 2.33. The maximum atomic E-state index is 12.9. The van der Waals surface area contributed by atoms with E-state index in [1.165, 1.54) is 0 Å². The Bertz CT molecular complexity index is 731. The lowest BCUT2D eigenvalue weighted by Gasteiger charge is -2.39. The molecule has 0 bridgehead atoms. The minimum atomic E-state index is -0.0418. The number of fused-ring (bicyclic) bond motifs is 1. The third kappa shape index (κ3) is 3.19. The van der Waals surface area contributed by atoms with E-state index < -0.39 is 0 Å². The molecule has 6 heteroatoms. The monoisotopic (exact) mass is 341 g/mol. The Kier molecular flexibility index (Phi) is 4.55. The largest absolute Gasteiger partial charge is 0.372 e. The van der Waals surface area contributed by atoms with Crippen LogP contribution in [0.2, 0.25) is 0 Å². The van der Waals surface area contributed by atoms with Crippen molar-refractivity contribution < 1.29 is 14.3 Å². The topological polar surface area (TPSA) is 56.6 Å². The van der Waals surface area contributed by atoms with Crippen LogP contribution in [0.3, 0.4) is 0 Å². The summed E-state index contributed by atoms with van der Waals surface area (Å²) >= 11 is 0. The molecule has 0 unspecified atom stereocenters. The van der Waals surface area contributed by atoms with Crippen molar-refractivity contribution >= 4 is 5.91 Å². The number of carbonyl (C=O) groups is 1. The summed E-state index contributed by atoms with van der Waals surface area (Å²) in [6.07, 6.45) is 7.27. The zero-order chi connectivity index (χ0) is 17.2. The summed E-state index contributed by atoms with van der Waals surface area (Å²) in [6.45, 7) is 1.75. The lowest BCUT2D eigenvalue weighted by Crippen LogP contribution is -2.54. The molecule has 1 aliphatic carbocycles. The molecule has 4 rings (SSSR count). The van der Waals surface area contributed by atoms with E-state index in [2.05, 4.69) is 4.98 Å². The molecule has 0 aromatic carbocycles. The summed E-state index contributed by atoms with van der Waals surface area (Å²) in [5.74, 6) is 0.0839. The van der Waals surface area contributed by atoms with Crippen LogP contribution >= 0.6 is 0 Å². The van der Waals surface area contributed by atoms with Crippen molar-refractivity contribution in [3.8, 4) is 0 Å². The number of ether oxygens (including phenoxy) is 2. The maximum Gasteiger partial charge on any atom is 0.270 e. The fourth-order valence-corrected chi connectivity index (χ4v) is 3.86. The van der Waals surface area contributed by atoms with Gasteiger partial charge in [0.05, 0.1) is 25.4 Å². The average molecular weight is 341 g/mol. The first-order chi connectivity index (χ1) is 12.2. The quantitative estimate of drug-likeness (QED) is 0.854. The number of pyridine rings is 1. The van der Waals surface area contributed by atoms with E-state index in [1.807, 2.05) is 47.0 Å². The van der Waals surface area contributed by atoms with Crippen LogP contribution in [0.25, 0.3) is 0 Å². The molecule has 132 valence electrons. The summed E-state index contributed by atoms with van der Waals surface area (Å²) < 4.78 is 14.0. The van der Waals surface area contributed by atoms with Crippen molar-refractivity contribution in [1.29, 1.82) is 0 Å². The van der Waals surface area contributed by atoms with E-state index in [-0.39, 0.29) is 24.2 Å². The van der Waals surface area contributed by atoms with Gasteiger partial charge in [-0.05, 0) is 42.7 Å². The van der Waals surface area contributed by atoms with Crippen molar-refractivity contribution in [1.82, 2.24) is 14.5 Å². The number of aromatic nitrogens is 2. The van der Waals surface area contributed by atoms with Gasteiger partial charge >= 0.3 is 0 Å². The number of nitrogens with zero attached hydrogens (tertiary/aromatic N) is 3. The van der Waals surface area contributed by atoms with Crippen molar-refractivity contribution in [3.63, 3.8) is 0 Å². The van der Waals surface area contributed by atoms with Gasteiger partial charge in [0.15, 0.2) is 0 Å².